The van der Waals surface area contributed by atoms with Crippen LogP contribution in [0.3, 0.4) is 0 Å². The van der Waals surface area contributed by atoms with Crippen LogP contribution in [0.1, 0.15) is 0 Å². The molecule has 0 N–H and O–H groups in total. The lowest BCUT2D eigenvalue weighted by Gasteiger charge is -2.01. The molecule has 0 aliphatic heterocycles. The van der Waals surface area contributed by atoms with Crippen LogP contribution in [-0.4, -0.2) is 5.97 Å². The maximum Gasteiger partial charge on any atom is 0.311 e. The monoisotopic (exact) mass is 169 g/mol. The Labute approximate surface area is 69.7 Å². The number of carbonyl (C=O) groups excluding carboxylic acids is 1. The van der Waals surface area contributed by atoms with Crippen LogP contribution in [0.2, 0.25) is 5.02 Å². The van der Waals surface area contributed by atoms with Crippen molar-refractivity contribution in [3.8, 4) is 5.75 Å². The van der Waals surface area contributed by atoms with Crippen molar-refractivity contribution in [1.82, 2.24) is 0 Å². The number of esters is 1. The third-order valence-electron chi connectivity index (χ3n) is 1.06. The van der Waals surface area contributed by atoms with E-state index in [9.17, 15) is 4.79 Å². The van der Waals surface area contributed by atoms with E-state index in [2.05, 4.69) is 11.7 Å². The smallest absolute Gasteiger partial charge is 0.311 e. The van der Waals surface area contributed by atoms with Gasteiger partial charge < -0.3 is 4.74 Å². The standard InChI is InChI=1S/C8H6ClO2/c1-6(10)11-8-5-3-2-4-7(8)9/h2-5H,1H2. The number of para-hydroxylation sites is 1. The molecule has 0 aliphatic carbocycles. The summed E-state index contributed by atoms with van der Waals surface area (Å²) in [5.74, 6) is -0.271. The molecule has 0 amide bonds. The van der Waals surface area contributed by atoms with E-state index < -0.39 is 5.97 Å². The molecule has 0 aromatic heterocycles. The zero-order valence-corrected chi connectivity index (χ0v) is 6.47. The summed E-state index contributed by atoms with van der Waals surface area (Å²) in [6.07, 6.45) is 0. The molecule has 1 rings (SSSR count). The van der Waals surface area contributed by atoms with Crippen LogP contribution >= 0.6 is 11.6 Å². The maximum absolute atomic E-state index is 10.4. The van der Waals surface area contributed by atoms with Gasteiger partial charge in [-0.25, -0.2) is 0 Å². The molecule has 0 aliphatic rings. The molecule has 0 saturated heterocycles. The van der Waals surface area contributed by atoms with Crippen LogP contribution in [0.25, 0.3) is 0 Å². The second-order valence-electron chi connectivity index (χ2n) is 1.90. The molecule has 0 heterocycles. The molecule has 0 bridgehead atoms. The van der Waals surface area contributed by atoms with Crippen molar-refractivity contribution >= 4 is 17.6 Å². The first-order valence-corrected chi connectivity index (χ1v) is 3.36. The number of rotatable bonds is 1. The average Bonchev–Trinajstić information content (AvgIpc) is 1.93. The Morgan fingerprint density at radius 1 is 1.45 bits per heavy atom. The molecule has 2 nitrogen and oxygen atoms in total. The van der Waals surface area contributed by atoms with E-state index in [1.165, 1.54) is 0 Å². The Morgan fingerprint density at radius 3 is 2.64 bits per heavy atom. The summed E-state index contributed by atoms with van der Waals surface area (Å²) < 4.78 is 4.66. The van der Waals surface area contributed by atoms with E-state index in [-0.39, 0.29) is 0 Å². The van der Waals surface area contributed by atoms with Gasteiger partial charge in [0.15, 0.2) is 0 Å². The van der Waals surface area contributed by atoms with Crippen molar-refractivity contribution in [2.45, 2.75) is 0 Å². The van der Waals surface area contributed by atoms with Gasteiger partial charge in [-0.2, -0.15) is 0 Å². The third kappa shape index (κ3) is 2.24. The van der Waals surface area contributed by atoms with Gasteiger partial charge in [0.05, 0.1) is 11.9 Å². The first-order chi connectivity index (χ1) is 5.20. The first kappa shape index (κ1) is 8.08. The van der Waals surface area contributed by atoms with Gasteiger partial charge in [0.2, 0.25) is 0 Å². The molecule has 0 atom stereocenters. The zero-order valence-electron chi connectivity index (χ0n) is 5.71. The molecule has 0 fully saturated rings. The topological polar surface area (TPSA) is 26.3 Å². The fourth-order valence-electron chi connectivity index (χ4n) is 0.650. The summed E-state index contributed by atoms with van der Waals surface area (Å²) in [5, 5.41) is 0.407. The molecule has 3 heteroatoms. The fourth-order valence-corrected chi connectivity index (χ4v) is 0.824. The van der Waals surface area contributed by atoms with Crippen molar-refractivity contribution in [1.29, 1.82) is 0 Å². The SMILES string of the molecule is [CH2]C(=O)Oc1ccccc1Cl. The van der Waals surface area contributed by atoms with Crippen LogP contribution in [-0.2, 0) is 4.79 Å². The largest absolute Gasteiger partial charge is 0.425 e. The summed E-state index contributed by atoms with van der Waals surface area (Å²) in [7, 11) is 0. The van der Waals surface area contributed by atoms with Gasteiger partial charge in [0.1, 0.15) is 5.75 Å². The Bertz CT molecular complexity index is 271. The zero-order chi connectivity index (χ0) is 8.27. The lowest BCUT2D eigenvalue weighted by molar-refractivity contribution is -0.129. The minimum absolute atomic E-state index is 0.342. The minimum atomic E-state index is -0.613. The van der Waals surface area contributed by atoms with Crippen molar-refractivity contribution in [2.24, 2.45) is 0 Å². The van der Waals surface area contributed by atoms with Gasteiger partial charge in [-0.15, -0.1) is 0 Å². The Kier molecular flexibility index (Phi) is 2.49. The highest BCUT2D eigenvalue weighted by Gasteiger charge is 2.01. The van der Waals surface area contributed by atoms with Gasteiger partial charge in [-0.1, -0.05) is 23.7 Å². The van der Waals surface area contributed by atoms with Crippen molar-refractivity contribution in [2.75, 3.05) is 0 Å². The molecule has 1 radical (unpaired) electrons. The predicted molar refractivity (Wildman–Crippen MR) is 42.4 cm³/mol. The molecule has 1 aromatic carbocycles. The summed E-state index contributed by atoms with van der Waals surface area (Å²) in [5.41, 5.74) is 0. The number of hydrogen-bond donors (Lipinski definition) is 0. The first-order valence-electron chi connectivity index (χ1n) is 2.98. The molecular weight excluding hydrogens is 164 g/mol. The average molecular weight is 170 g/mol. The highest BCUT2D eigenvalue weighted by Crippen LogP contribution is 2.22. The predicted octanol–water partition coefficient (Wildman–Crippen LogP) is 2.08. The lowest BCUT2D eigenvalue weighted by Crippen LogP contribution is -2.01. The fraction of sp³-hybridized carbons (Fsp3) is 0. The minimum Gasteiger partial charge on any atom is -0.425 e. The number of carbonyl (C=O) groups is 1. The van der Waals surface area contributed by atoms with Gasteiger partial charge in [0.25, 0.3) is 0 Å². The summed E-state index contributed by atoms with van der Waals surface area (Å²) in [6, 6.07) is 6.72. The van der Waals surface area contributed by atoms with E-state index >= 15 is 0 Å². The van der Waals surface area contributed by atoms with Crippen LogP contribution in [0, 0.1) is 6.92 Å². The number of hydrogen-bond acceptors (Lipinski definition) is 2. The number of benzene rings is 1. The molecule has 0 unspecified atom stereocenters. The summed E-state index contributed by atoms with van der Waals surface area (Å²) in [4.78, 5) is 10.4. The van der Waals surface area contributed by atoms with Gasteiger partial charge in [0, 0.05) is 0 Å². The van der Waals surface area contributed by atoms with Crippen molar-refractivity contribution in [3.05, 3.63) is 36.2 Å². The maximum atomic E-state index is 10.4. The van der Waals surface area contributed by atoms with Crippen LogP contribution < -0.4 is 4.74 Å². The highest BCUT2D eigenvalue weighted by molar-refractivity contribution is 6.32. The van der Waals surface area contributed by atoms with Gasteiger partial charge in [-0.3, -0.25) is 4.79 Å². The number of halogens is 1. The van der Waals surface area contributed by atoms with E-state index in [4.69, 9.17) is 11.6 Å². The van der Waals surface area contributed by atoms with Gasteiger partial charge in [-0.05, 0) is 12.1 Å². The van der Waals surface area contributed by atoms with Gasteiger partial charge >= 0.3 is 5.97 Å². The van der Waals surface area contributed by atoms with Crippen molar-refractivity contribution < 1.29 is 9.53 Å². The molecule has 11 heavy (non-hydrogen) atoms. The van der Waals surface area contributed by atoms with E-state index in [0.29, 0.717) is 10.8 Å². The third-order valence-corrected chi connectivity index (χ3v) is 1.37. The van der Waals surface area contributed by atoms with E-state index in [1.54, 1.807) is 24.3 Å². The normalized spacial score (nSPS) is 9.27. The van der Waals surface area contributed by atoms with E-state index in [1.807, 2.05) is 0 Å². The lowest BCUT2D eigenvalue weighted by atomic mass is 10.3. The quantitative estimate of drug-likeness (QED) is 0.475. The Balaban J connectivity index is 2.86. The Morgan fingerprint density at radius 2 is 2.09 bits per heavy atom. The summed E-state index contributed by atoms with van der Waals surface area (Å²) in [6.45, 7) is 3.06. The van der Waals surface area contributed by atoms with Crippen LogP contribution in [0.15, 0.2) is 24.3 Å². The van der Waals surface area contributed by atoms with Crippen molar-refractivity contribution in [3.63, 3.8) is 0 Å². The molecule has 0 saturated carbocycles. The van der Waals surface area contributed by atoms with Crippen LogP contribution in [0.5, 0.6) is 5.75 Å². The van der Waals surface area contributed by atoms with Crippen LogP contribution in [0.4, 0.5) is 0 Å². The molecule has 0 spiro atoms. The van der Waals surface area contributed by atoms with E-state index in [0.717, 1.165) is 0 Å². The summed E-state index contributed by atoms with van der Waals surface area (Å²) >= 11 is 5.66. The Hall–Kier alpha value is -1.02. The second-order valence-corrected chi connectivity index (χ2v) is 2.31. The second kappa shape index (κ2) is 3.39. The highest BCUT2D eigenvalue weighted by atomic mass is 35.5. The molecule has 57 valence electrons. The molecular formula is C8H6ClO2. The number of ether oxygens (including phenoxy) is 1. The molecule has 1 aromatic rings.